The number of aliphatic hydroxyl groups excluding tert-OH is 4. The highest BCUT2D eigenvalue weighted by atomic mass is 127. The van der Waals surface area contributed by atoms with Gasteiger partial charge in [-0.1, -0.05) is 0 Å². The number of amides is 6. The minimum absolute atomic E-state index is 0.0285. The smallest absolute Gasteiger partial charge is 0.255 e. The van der Waals surface area contributed by atoms with Crippen LogP contribution in [0.5, 0.6) is 0 Å². The van der Waals surface area contributed by atoms with E-state index in [0.29, 0.717) is 20.4 Å². The molecule has 0 aliphatic rings. The molecule has 376 valence electrons. The molecule has 2 atom stereocenters. The van der Waals surface area contributed by atoms with Crippen LogP contribution in [0, 0.1) is 21.4 Å². The summed E-state index contributed by atoms with van der Waals surface area (Å²) < 4.78 is 29.1. The second-order valence-corrected chi connectivity index (χ2v) is 20.4. The summed E-state index contributed by atoms with van der Waals surface area (Å²) in [7, 11) is 0. The molecule has 29 heteroatoms. The Hall–Kier alpha value is -0.800. The number of carbonyl (C=O) groups is 6. The van der Waals surface area contributed by atoms with Gasteiger partial charge in [-0.15, -0.1) is 0 Å². The maximum absolute atomic E-state index is 13.3. The number of halogens is 6. The summed E-state index contributed by atoms with van der Waals surface area (Å²) in [6.45, 7) is 1.69. The molecule has 12 N–H and O–H groups in total. The predicted octanol–water partition coefficient (Wildman–Crippen LogP) is 0.280. The zero-order chi connectivity index (χ0) is 50.5. The lowest BCUT2D eigenvalue weighted by Gasteiger charge is -2.24. The largest absolute Gasteiger partial charge is 0.391 e. The van der Waals surface area contributed by atoms with E-state index in [1.807, 2.05) is 136 Å². The second kappa shape index (κ2) is 31.6. The summed E-state index contributed by atoms with van der Waals surface area (Å²) >= 11 is 11.0. The van der Waals surface area contributed by atoms with E-state index >= 15 is 0 Å². The molecule has 0 fully saturated rings. The van der Waals surface area contributed by atoms with Gasteiger partial charge in [-0.2, -0.15) is 0 Å². The first kappa shape index (κ1) is 62.3. The Balaban J connectivity index is 1.69. The number of rotatable bonds is 30. The Bertz CT molecular complexity index is 1930. The first-order valence-corrected chi connectivity index (χ1v) is 26.1. The van der Waals surface area contributed by atoms with Crippen LogP contribution < -0.4 is 31.9 Å². The van der Waals surface area contributed by atoms with Gasteiger partial charge in [-0.25, -0.2) is 0 Å². The summed E-state index contributed by atoms with van der Waals surface area (Å²) in [6.07, 6.45) is 0. The maximum Gasteiger partial charge on any atom is 0.255 e. The molecule has 2 aromatic rings. The molecule has 0 aromatic heterocycles. The molecule has 0 aliphatic carbocycles. The first-order valence-electron chi connectivity index (χ1n) is 19.6. The van der Waals surface area contributed by atoms with Crippen molar-refractivity contribution < 1.29 is 83.1 Å². The van der Waals surface area contributed by atoms with Gasteiger partial charge in [0.25, 0.3) is 23.6 Å². The zero-order valence-corrected chi connectivity index (χ0v) is 48.7. The molecule has 0 aliphatic heterocycles. The van der Waals surface area contributed by atoms with Crippen LogP contribution in [0.2, 0.25) is 0 Å². The highest BCUT2D eigenvalue weighted by molar-refractivity contribution is 14.1. The van der Waals surface area contributed by atoms with E-state index in [1.165, 1.54) is 13.8 Å². The zero-order valence-electron chi connectivity index (χ0n) is 35.8. The number of carbonyl (C=O) groups excluding carboxylic acids is 6. The van der Waals surface area contributed by atoms with Gasteiger partial charge in [0.05, 0.1) is 127 Å². The van der Waals surface area contributed by atoms with E-state index in [0.717, 1.165) is 0 Å². The Morgan fingerprint density at radius 1 is 0.433 bits per heavy atom. The van der Waals surface area contributed by atoms with Crippen molar-refractivity contribution in [1.29, 1.82) is 0 Å². The highest BCUT2D eigenvalue weighted by Crippen LogP contribution is 2.37. The van der Waals surface area contributed by atoms with Crippen molar-refractivity contribution in [3.05, 3.63) is 43.7 Å². The third-order valence-corrected chi connectivity index (χ3v) is 14.8. The summed E-state index contributed by atoms with van der Waals surface area (Å²) in [6, 6.07) is 0. The van der Waals surface area contributed by atoms with Crippen molar-refractivity contribution in [3.63, 3.8) is 0 Å². The standard InChI is InChI=1S/C38H50I6N6O17/c1-37(61,17-53)49-35(59)23-25(39)21(27(41)31(29(23)43)47-19(55)15-51)33(57)45-3-5-63-7-9-65-11-13-67-14-12-66-10-8-64-6-4-46-34(58)22-26(40)24(36(60)50-38(2,62)18-54)30(44)32(28(22)42)48-20(56)16-52/h51-54,61-62H,3-18H2,1-2H3,(H,45,57)(H,46,58)(H,47,55)(H,48,56)(H,49,59)(H,50,60). The summed E-state index contributed by atoms with van der Waals surface area (Å²) in [5, 5.41) is 72.8. The molecule has 2 rings (SSSR count). The third-order valence-electron chi connectivity index (χ3n) is 8.29. The third kappa shape index (κ3) is 20.3. The maximum atomic E-state index is 13.3. The topological polar surface area (TPSA) is 342 Å². The number of ether oxygens (including phenoxy) is 5. The molecule has 0 heterocycles. The highest BCUT2D eigenvalue weighted by Gasteiger charge is 2.33. The molecule has 0 saturated heterocycles. The van der Waals surface area contributed by atoms with Crippen LogP contribution in [-0.4, -0.2) is 183 Å². The molecule has 23 nitrogen and oxygen atoms in total. The molecular formula is C38H50I6N6O17. The van der Waals surface area contributed by atoms with Gasteiger partial charge in [0.1, 0.15) is 13.2 Å². The van der Waals surface area contributed by atoms with Crippen molar-refractivity contribution in [2.75, 3.05) is 116 Å². The number of anilines is 2. The van der Waals surface area contributed by atoms with Gasteiger partial charge in [-0.3, -0.25) is 28.8 Å². The summed E-state index contributed by atoms with van der Waals surface area (Å²) in [5.74, 6) is -4.30. The van der Waals surface area contributed by atoms with Crippen LogP contribution in [-0.2, 0) is 33.3 Å². The number of hydrogen-bond donors (Lipinski definition) is 12. The predicted molar refractivity (Wildman–Crippen MR) is 290 cm³/mol. The summed E-state index contributed by atoms with van der Waals surface area (Å²) in [4.78, 5) is 77.1. The second-order valence-electron chi connectivity index (χ2n) is 13.9. The van der Waals surface area contributed by atoms with E-state index in [-0.39, 0.29) is 114 Å². The van der Waals surface area contributed by atoms with Crippen molar-refractivity contribution >= 4 is 182 Å². The normalized spacial score (nSPS) is 13.0. The van der Waals surface area contributed by atoms with E-state index < -0.39 is 73.3 Å². The quantitative estimate of drug-likeness (QED) is 0.0284. The van der Waals surface area contributed by atoms with Crippen LogP contribution in [0.15, 0.2) is 0 Å². The lowest BCUT2D eigenvalue weighted by atomic mass is 10.1. The molecule has 6 amide bonds. The van der Waals surface area contributed by atoms with Gasteiger partial charge in [0.2, 0.25) is 11.8 Å². The number of hydrogen-bond acceptors (Lipinski definition) is 17. The minimum atomic E-state index is -1.96. The summed E-state index contributed by atoms with van der Waals surface area (Å²) in [5.41, 5.74) is -3.61. The van der Waals surface area contributed by atoms with Crippen LogP contribution in [0.4, 0.5) is 11.4 Å². The average Bonchev–Trinajstić information content (AvgIpc) is 3.26. The molecular weight excluding hydrogens is 1570 g/mol. The van der Waals surface area contributed by atoms with Gasteiger partial charge in [-0.05, 0) is 149 Å². The molecule has 67 heavy (non-hydrogen) atoms. The number of benzene rings is 2. The Kier molecular flexibility index (Phi) is 29.4. The Morgan fingerprint density at radius 3 is 0.940 bits per heavy atom. The average molecular weight is 1620 g/mol. The van der Waals surface area contributed by atoms with Gasteiger partial charge < -0.3 is 86.2 Å². The van der Waals surface area contributed by atoms with E-state index in [9.17, 15) is 59.4 Å². The van der Waals surface area contributed by atoms with Gasteiger partial charge in [0, 0.05) is 20.2 Å². The Morgan fingerprint density at radius 2 is 0.687 bits per heavy atom. The molecule has 2 aromatic carbocycles. The van der Waals surface area contributed by atoms with Crippen molar-refractivity contribution in [3.8, 4) is 0 Å². The molecule has 0 bridgehead atoms. The molecule has 2 unspecified atom stereocenters. The minimum Gasteiger partial charge on any atom is -0.391 e. The molecule has 0 radical (unpaired) electrons. The van der Waals surface area contributed by atoms with Crippen molar-refractivity contribution in [2.24, 2.45) is 0 Å². The van der Waals surface area contributed by atoms with E-state index in [2.05, 4.69) is 31.9 Å². The molecule has 0 spiro atoms. The number of nitrogens with one attached hydrogen (secondary N) is 6. The lowest BCUT2D eigenvalue weighted by molar-refractivity contribution is -0.119. The van der Waals surface area contributed by atoms with Crippen LogP contribution in [0.25, 0.3) is 0 Å². The van der Waals surface area contributed by atoms with Crippen molar-refractivity contribution in [2.45, 2.75) is 25.3 Å². The molecule has 0 saturated carbocycles. The fourth-order valence-electron chi connectivity index (χ4n) is 5.03. The first-order chi connectivity index (χ1) is 31.6. The number of aliphatic hydroxyl groups is 6. The van der Waals surface area contributed by atoms with Gasteiger partial charge in [0.15, 0.2) is 11.4 Å². The fraction of sp³-hybridized carbons (Fsp3) is 0.526. The van der Waals surface area contributed by atoms with Crippen LogP contribution in [0.1, 0.15) is 55.3 Å². The lowest BCUT2D eigenvalue weighted by Crippen LogP contribution is -2.49. The fourth-order valence-corrected chi connectivity index (χ4v) is 13.9. The van der Waals surface area contributed by atoms with Crippen molar-refractivity contribution in [1.82, 2.24) is 21.3 Å². The monoisotopic (exact) mass is 1620 g/mol. The van der Waals surface area contributed by atoms with E-state index in [1.54, 1.807) is 0 Å². The van der Waals surface area contributed by atoms with Crippen LogP contribution in [0.3, 0.4) is 0 Å². The van der Waals surface area contributed by atoms with E-state index in [4.69, 9.17) is 23.7 Å². The van der Waals surface area contributed by atoms with Crippen LogP contribution >= 0.6 is 136 Å². The SMILES string of the molecule is CC(O)(CO)NC(=O)c1c(I)c(NC(=O)CO)c(I)c(C(=O)NCCOCCOCCOCCOCCOCCNC(=O)c2c(I)c(NC(=O)CO)c(I)c(C(=O)NC(C)(O)CO)c2I)c1I. The Labute approximate surface area is 466 Å². The van der Waals surface area contributed by atoms with Gasteiger partial charge >= 0.3 is 0 Å².